The van der Waals surface area contributed by atoms with Gasteiger partial charge < -0.3 is 5.32 Å². The maximum Gasteiger partial charge on any atom is 0.224 e. The highest BCUT2D eigenvalue weighted by Crippen LogP contribution is 2.23. The van der Waals surface area contributed by atoms with Gasteiger partial charge in [0.15, 0.2) is 0 Å². The van der Waals surface area contributed by atoms with Crippen molar-refractivity contribution in [2.45, 2.75) is 39.0 Å². The molecule has 0 unspecified atom stereocenters. The summed E-state index contributed by atoms with van der Waals surface area (Å²) in [5, 5.41) is 2.77. The lowest BCUT2D eigenvalue weighted by atomic mass is 9.87. The first-order valence-electron chi connectivity index (χ1n) is 6.66. The SMILES string of the molecule is CC(C)(C)c1ccc(NC(=O)CCCS(C)(=O)=O)cc1. The maximum absolute atomic E-state index is 11.7. The largest absolute Gasteiger partial charge is 0.326 e. The van der Waals surface area contributed by atoms with Gasteiger partial charge in [-0.3, -0.25) is 4.79 Å². The van der Waals surface area contributed by atoms with E-state index in [2.05, 4.69) is 26.1 Å². The van der Waals surface area contributed by atoms with Crippen LogP contribution in [0, 0.1) is 0 Å². The summed E-state index contributed by atoms with van der Waals surface area (Å²) in [5.41, 5.74) is 2.02. The van der Waals surface area contributed by atoms with Gasteiger partial charge in [-0.2, -0.15) is 0 Å². The Morgan fingerprint density at radius 3 is 2.15 bits per heavy atom. The zero-order valence-electron chi connectivity index (χ0n) is 12.6. The second-order valence-corrected chi connectivity index (χ2v) is 8.37. The Kier molecular flexibility index (Phi) is 5.34. The topological polar surface area (TPSA) is 63.2 Å². The Morgan fingerprint density at radius 2 is 1.70 bits per heavy atom. The van der Waals surface area contributed by atoms with Gasteiger partial charge in [-0.25, -0.2) is 8.42 Å². The van der Waals surface area contributed by atoms with Gasteiger partial charge in [0.25, 0.3) is 0 Å². The highest BCUT2D eigenvalue weighted by molar-refractivity contribution is 7.90. The van der Waals surface area contributed by atoms with E-state index in [-0.39, 0.29) is 23.5 Å². The Hall–Kier alpha value is -1.36. The first-order chi connectivity index (χ1) is 9.08. The number of anilines is 1. The van der Waals surface area contributed by atoms with E-state index in [0.717, 1.165) is 5.69 Å². The summed E-state index contributed by atoms with van der Waals surface area (Å²) in [7, 11) is -2.99. The molecule has 0 bridgehead atoms. The number of carbonyl (C=O) groups excluding carboxylic acids is 1. The fourth-order valence-electron chi connectivity index (χ4n) is 1.77. The van der Waals surface area contributed by atoms with E-state index in [9.17, 15) is 13.2 Å². The van der Waals surface area contributed by atoms with E-state index in [0.29, 0.717) is 6.42 Å². The zero-order valence-corrected chi connectivity index (χ0v) is 13.4. The van der Waals surface area contributed by atoms with Gasteiger partial charge >= 0.3 is 0 Å². The number of carbonyl (C=O) groups is 1. The quantitative estimate of drug-likeness (QED) is 0.909. The number of nitrogens with one attached hydrogen (secondary N) is 1. The third kappa shape index (κ3) is 6.19. The minimum atomic E-state index is -2.99. The van der Waals surface area contributed by atoms with Crippen molar-refractivity contribution in [1.29, 1.82) is 0 Å². The molecule has 1 amide bonds. The normalized spacial score (nSPS) is 12.2. The molecule has 0 heterocycles. The van der Waals surface area contributed by atoms with E-state index >= 15 is 0 Å². The van der Waals surface area contributed by atoms with Crippen molar-refractivity contribution in [2.75, 3.05) is 17.3 Å². The van der Waals surface area contributed by atoms with Crippen molar-refractivity contribution in [3.8, 4) is 0 Å². The third-order valence-corrected chi connectivity index (χ3v) is 3.98. The van der Waals surface area contributed by atoms with Gasteiger partial charge in [0.05, 0.1) is 5.75 Å². The first kappa shape index (κ1) is 16.7. The minimum Gasteiger partial charge on any atom is -0.326 e. The molecule has 1 aromatic carbocycles. The third-order valence-electron chi connectivity index (χ3n) is 2.95. The maximum atomic E-state index is 11.7. The van der Waals surface area contributed by atoms with Crippen molar-refractivity contribution in [1.82, 2.24) is 0 Å². The highest BCUT2D eigenvalue weighted by Gasteiger charge is 2.13. The molecule has 0 aliphatic heterocycles. The summed E-state index contributed by atoms with van der Waals surface area (Å²) in [5.74, 6) is -0.110. The fourth-order valence-corrected chi connectivity index (χ4v) is 2.44. The van der Waals surface area contributed by atoms with E-state index in [1.807, 2.05) is 24.3 Å². The van der Waals surface area contributed by atoms with Gasteiger partial charge in [-0.15, -0.1) is 0 Å². The summed E-state index contributed by atoms with van der Waals surface area (Å²) in [6, 6.07) is 7.72. The Labute approximate surface area is 121 Å². The molecule has 112 valence electrons. The lowest BCUT2D eigenvalue weighted by molar-refractivity contribution is -0.116. The number of amides is 1. The van der Waals surface area contributed by atoms with Gasteiger partial charge in [0, 0.05) is 18.4 Å². The van der Waals surface area contributed by atoms with Crippen LogP contribution >= 0.6 is 0 Å². The second kappa shape index (κ2) is 6.39. The lowest BCUT2D eigenvalue weighted by Gasteiger charge is -2.19. The molecule has 0 aliphatic carbocycles. The van der Waals surface area contributed by atoms with E-state index in [1.165, 1.54) is 11.8 Å². The van der Waals surface area contributed by atoms with Crippen LogP contribution in [0.2, 0.25) is 0 Å². The molecule has 0 spiro atoms. The fraction of sp³-hybridized carbons (Fsp3) is 0.533. The number of sulfone groups is 1. The van der Waals surface area contributed by atoms with Gasteiger partial charge in [-0.1, -0.05) is 32.9 Å². The summed E-state index contributed by atoms with van der Waals surface area (Å²) < 4.78 is 21.9. The molecule has 0 aliphatic rings. The summed E-state index contributed by atoms with van der Waals surface area (Å²) in [4.78, 5) is 11.7. The summed E-state index contributed by atoms with van der Waals surface area (Å²) in [6.07, 6.45) is 1.75. The Balaban J connectivity index is 2.51. The molecule has 20 heavy (non-hydrogen) atoms. The van der Waals surface area contributed by atoms with Gasteiger partial charge in [-0.05, 0) is 29.5 Å². The average molecular weight is 297 g/mol. The summed E-state index contributed by atoms with van der Waals surface area (Å²) in [6.45, 7) is 6.39. The number of rotatable bonds is 5. The monoisotopic (exact) mass is 297 g/mol. The molecule has 0 saturated heterocycles. The summed E-state index contributed by atoms with van der Waals surface area (Å²) >= 11 is 0. The molecular formula is C15H23NO3S. The number of benzene rings is 1. The van der Waals surface area contributed by atoms with Crippen molar-refractivity contribution in [3.63, 3.8) is 0 Å². The molecule has 0 radical (unpaired) electrons. The Bertz CT molecular complexity index is 554. The van der Waals surface area contributed by atoms with Crippen molar-refractivity contribution < 1.29 is 13.2 Å². The predicted molar refractivity (Wildman–Crippen MR) is 82.7 cm³/mol. The molecular weight excluding hydrogens is 274 g/mol. The van der Waals surface area contributed by atoms with Crippen LogP contribution in [0.25, 0.3) is 0 Å². The average Bonchev–Trinajstić information content (AvgIpc) is 2.26. The van der Waals surface area contributed by atoms with Crippen LogP contribution in [-0.2, 0) is 20.0 Å². The lowest BCUT2D eigenvalue weighted by Crippen LogP contribution is -2.14. The standard InChI is InChI=1S/C15H23NO3S/c1-15(2,3)12-7-9-13(10-8-12)16-14(17)6-5-11-20(4,18)19/h7-10H,5-6,11H2,1-4H3,(H,16,17). The number of hydrogen-bond acceptors (Lipinski definition) is 3. The molecule has 4 nitrogen and oxygen atoms in total. The first-order valence-corrected chi connectivity index (χ1v) is 8.72. The minimum absolute atomic E-state index is 0.0450. The molecule has 1 aromatic rings. The Morgan fingerprint density at radius 1 is 1.15 bits per heavy atom. The molecule has 0 saturated carbocycles. The van der Waals surface area contributed by atoms with Crippen molar-refractivity contribution in [3.05, 3.63) is 29.8 Å². The van der Waals surface area contributed by atoms with E-state index < -0.39 is 9.84 Å². The van der Waals surface area contributed by atoms with E-state index in [1.54, 1.807) is 0 Å². The predicted octanol–water partition coefficient (Wildman–Crippen LogP) is 2.75. The highest BCUT2D eigenvalue weighted by atomic mass is 32.2. The van der Waals surface area contributed by atoms with Crippen molar-refractivity contribution >= 4 is 21.4 Å². The van der Waals surface area contributed by atoms with Crippen LogP contribution in [0.3, 0.4) is 0 Å². The van der Waals surface area contributed by atoms with E-state index in [4.69, 9.17) is 0 Å². The molecule has 0 aromatic heterocycles. The van der Waals surface area contributed by atoms with Crippen LogP contribution < -0.4 is 5.32 Å². The smallest absolute Gasteiger partial charge is 0.224 e. The number of hydrogen-bond donors (Lipinski definition) is 1. The van der Waals surface area contributed by atoms with Gasteiger partial charge in [0.1, 0.15) is 9.84 Å². The molecule has 0 atom stereocenters. The molecule has 0 fully saturated rings. The zero-order chi connectivity index (χ0) is 15.4. The van der Waals surface area contributed by atoms with Crippen LogP contribution in [0.1, 0.15) is 39.2 Å². The molecule has 1 rings (SSSR count). The van der Waals surface area contributed by atoms with Crippen LogP contribution in [-0.4, -0.2) is 26.3 Å². The van der Waals surface area contributed by atoms with Crippen molar-refractivity contribution in [2.24, 2.45) is 0 Å². The van der Waals surface area contributed by atoms with Gasteiger partial charge in [0.2, 0.25) is 5.91 Å². The molecule has 1 N–H and O–H groups in total. The van der Waals surface area contributed by atoms with Crippen LogP contribution in [0.5, 0.6) is 0 Å². The van der Waals surface area contributed by atoms with Crippen LogP contribution in [0.4, 0.5) is 5.69 Å². The molecule has 5 heteroatoms. The second-order valence-electron chi connectivity index (χ2n) is 6.11. The van der Waals surface area contributed by atoms with Crippen LogP contribution in [0.15, 0.2) is 24.3 Å².